The second kappa shape index (κ2) is 11.5. The molecule has 0 aliphatic carbocycles. The van der Waals surface area contributed by atoms with Crippen LogP contribution in [0.15, 0.2) is 94.8 Å². The van der Waals surface area contributed by atoms with E-state index in [1.165, 1.54) is 11.8 Å². The minimum Gasteiger partial charge on any atom is -0.490 e. The molecule has 0 N–H and O–H groups in total. The molecule has 0 radical (unpaired) electrons. The Morgan fingerprint density at radius 1 is 0.971 bits per heavy atom. The number of carbonyl (C=O) groups is 1. The fourth-order valence-corrected chi connectivity index (χ4v) is 5.11. The molecule has 0 spiro atoms. The highest BCUT2D eigenvalue weighted by Gasteiger charge is 2.33. The van der Waals surface area contributed by atoms with Crippen molar-refractivity contribution >= 4 is 61.9 Å². The van der Waals surface area contributed by atoms with Crippen LogP contribution in [0.1, 0.15) is 11.1 Å². The minimum absolute atomic E-state index is 0.144. The number of rotatable bonds is 9. The lowest BCUT2D eigenvalue weighted by atomic mass is 10.1. The summed E-state index contributed by atoms with van der Waals surface area (Å²) in [6.07, 6.45) is 4.42. The van der Waals surface area contributed by atoms with Crippen molar-refractivity contribution in [3.05, 3.63) is 106 Å². The smallest absolute Gasteiger partial charge is 0.270 e. The molecule has 1 heterocycles. The van der Waals surface area contributed by atoms with Crippen LogP contribution in [0.2, 0.25) is 0 Å². The van der Waals surface area contributed by atoms with Gasteiger partial charge in [0.25, 0.3) is 5.91 Å². The molecule has 172 valence electrons. The molecule has 3 aromatic rings. The fraction of sp³-hybridized carbons (Fsp3) is 0.111. The van der Waals surface area contributed by atoms with Crippen molar-refractivity contribution in [1.82, 2.24) is 0 Å². The number of halogens is 1. The molecule has 4 rings (SSSR count). The Morgan fingerprint density at radius 2 is 1.68 bits per heavy atom. The van der Waals surface area contributed by atoms with Crippen LogP contribution in [0, 0.1) is 0 Å². The summed E-state index contributed by atoms with van der Waals surface area (Å²) in [6.45, 7) is 4.54. The first-order chi connectivity index (χ1) is 16.6. The zero-order valence-corrected chi connectivity index (χ0v) is 21.5. The molecule has 3 aromatic carbocycles. The van der Waals surface area contributed by atoms with Gasteiger partial charge in [-0.1, -0.05) is 82.4 Å². The van der Waals surface area contributed by atoms with Crippen molar-refractivity contribution in [3.8, 4) is 11.5 Å². The van der Waals surface area contributed by atoms with Crippen LogP contribution in [-0.4, -0.2) is 23.4 Å². The standard InChI is InChI=1S/C27H22BrNO3S2/c1-2-8-19-9-6-7-12-23(19)31-15-16-32-24-14-13-21(28)17-20(24)18-25-26(30)29(27(33)34-25)22-10-4-3-5-11-22/h2-7,9-14,17-18H,1,8,15-16H2/b25-18-. The van der Waals surface area contributed by atoms with Gasteiger partial charge in [0, 0.05) is 10.0 Å². The highest BCUT2D eigenvalue weighted by molar-refractivity contribution is 9.10. The molecule has 0 unspecified atom stereocenters. The van der Waals surface area contributed by atoms with Gasteiger partial charge in [0.05, 0.1) is 10.6 Å². The second-order valence-corrected chi connectivity index (χ2v) is 9.92. The van der Waals surface area contributed by atoms with Gasteiger partial charge in [0.1, 0.15) is 24.7 Å². The third-order valence-electron chi connectivity index (χ3n) is 5.00. The molecule has 0 atom stereocenters. The molecule has 1 aliphatic rings. The van der Waals surface area contributed by atoms with Crippen molar-refractivity contribution in [2.75, 3.05) is 18.1 Å². The predicted octanol–water partition coefficient (Wildman–Crippen LogP) is 7.04. The van der Waals surface area contributed by atoms with Crippen molar-refractivity contribution < 1.29 is 14.3 Å². The molecule has 1 saturated heterocycles. The summed E-state index contributed by atoms with van der Waals surface area (Å²) in [7, 11) is 0. The Bertz CT molecular complexity index is 1240. The number of thiocarbonyl (C=S) groups is 1. The Hall–Kier alpha value is -2.87. The summed E-state index contributed by atoms with van der Waals surface area (Å²) >= 11 is 10.3. The van der Waals surface area contributed by atoms with E-state index in [1.807, 2.05) is 84.9 Å². The number of thioether (sulfide) groups is 1. The fourth-order valence-electron chi connectivity index (χ4n) is 3.44. The highest BCUT2D eigenvalue weighted by Crippen LogP contribution is 2.37. The number of hydrogen-bond acceptors (Lipinski definition) is 5. The number of allylic oxidation sites excluding steroid dienone is 1. The van der Waals surface area contributed by atoms with Crippen LogP contribution < -0.4 is 14.4 Å². The third kappa shape index (κ3) is 5.78. The van der Waals surface area contributed by atoms with Gasteiger partial charge in [0.2, 0.25) is 0 Å². The van der Waals surface area contributed by atoms with Crippen molar-refractivity contribution in [2.45, 2.75) is 6.42 Å². The van der Waals surface area contributed by atoms with Crippen LogP contribution in [0.25, 0.3) is 6.08 Å². The number of para-hydroxylation sites is 2. The maximum absolute atomic E-state index is 13.1. The molecular formula is C27H22BrNO3S2. The van der Waals surface area contributed by atoms with E-state index in [-0.39, 0.29) is 5.91 Å². The van der Waals surface area contributed by atoms with Gasteiger partial charge in [-0.15, -0.1) is 6.58 Å². The maximum Gasteiger partial charge on any atom is 0.270 e. The number of ether oxygens (including phenoxy) is 2. The van der Waals surface area contributed by atoms with E-state index in [0.717, 1.165) is 33.5 Å². The number of hydrogen-bond donors (Lipinski definition) is 0. The van der Waals surface area contributed by atoms with Gasteiger partial charge in [-0.2, -0.15) is 0 Å². The lowest BCUT2D eigenvalue weighted by molar-refractivity contribution is -0.113. The summed E-state index contributed by atoms with van der Waals surface area (Å²) in [4.78, 5) is 15.2. The molecule has 0 saturated carbocycles. The monoisotopic (exact) mass is 551 g/mol. The lowest BCUT2D eigenvalue weighted by Gasteiger charge is -2.14. The normalized spacial score (nSPS) is 14.5. The van der Waals surface area contributed by atoms with Crippen LogP contribution in [0.5, 0.6) is 11.5 Å². The van der Waals surface area contributed by atoms with Crippen molar-refractivity contribution in [2.24, 2.45) is 0 Å². The van der Waals surface area contributed by atoms with E-state index in [9.17, 15) is 4.79 Å². The van der Waals surface area contributed by atoms with Gasteiger partial charge < -0.3 is 9.47 Å². The minimum atomic E-state index is -0.144. The number of amides is 1. The Labute approximate surface area is 217 Å². The number of nitrogens with zero attached hydrogens (tertiary/aromatic N) is 1. The van der Waals surface area contributed by atoms with Crippen molar-refractivity contribution in [1.29, 1.82) is 0 Å². The Balaban J connectivity index is 1.46. The molecule has 1 aliphatic heterocycles. The van der Waals surface area contributed by atoms with E-state index in [4.69, 9.17) is 21.7 Å². The molecule has 7 heteroatoms. The van der Waals surface area contributed by atoms with E-state index >= 15 is 0 Å². The predicted molar refractivity (Wildman–Crippen MR) is 148 cm³/mol. The zero-order chi connectivity index (χ0) is 23.9. The average molecular weight is 553 g/mol. The van der Waals surface area contributed by atoms with Gasteiger partial charge >= 0.3 is 0 Å². The van der Waals surface area contributed by atoms with E-state index < -0.39 is 0 Å². The van der Waals surface area contributed by atoms with Crippen LogP contribution in [0.4, 0.5) is 5.69 Å². The third-order valence-corrected chi connectivity index (χ3v) is 6.80. The quantitative estimate of drug-likeness (QED) is 0.123. The first-order valence-electron chi connectivity index (χ1n) is 10.6. The largest absolute Gasteiger partial charge is 0.490 e. The zero-order valence-electron chi connectivity index (χ0n) is 18.3. The molecule has 4 nitrogen and oxygen atoms in total. The molecular weight excluding hydrogens is 530 g/mol. The second-order valence-electron chi connectivity index (χ2n) is 7.33. The van der Waals surface area contributed by atoms with Crippen LogP contribution in [-0.2, 0) is 11.2 Å². The van der Waals surface area contributed by atoms with Crippen molar-refractivity contribution in [3.63, 3.8) is 0 Å². The lowest BCUT2D eigenvalue weighted by Crippen LogP contribution is -2.27. The molecule has 1 amide bonds. The van der Waals surface area contributed by atoms with Gasteiger partial charge in [-0.25, -0.2) is 0 Å². The first kappa shape index (κ1) is 24.3. The maximum atomic E-state index is 13.1. The Morgan fingerprint density at radius 3 is 2.44 bits per heavy atom. The molecule has 0 bridgehead atoms. The summed E-state index contributed by atoms with van der Waals surface area (Å²) in [5.41, 5.74) is 2.63. The van der Waals surface area contributed by atoms with E-state index in [2.05, 4.69) is 22.5 Å². The van der Waals surface area contributed by atoms with Gasteiger partial charge in [0.15, 0.2) is 4.32 Å². The number of benzene rings is 3. The van der Waals surface area contributed by atoms with Crippen LogP contribution >= 0.6 is 39.9 Å². The summed E-state index contributed by atoms with van der Waals surface area (Å²) in [5.74, 6) is 1.34. The SMILES string of the molecule is C=CCc1ccccc1OCCOc1ccc(Br)cc1/C=C1\SC(=S)N(c2ccccc2)C1=O. The van der Waals surface area contributed by atoms with E-state index in [0.29, 0.717) is 28.2 Å². The topological polar surface area (TPSA) is 38.8 Å². The summed E-state index contributed by atoms with van der Waals surface area (Å²) in [5, 5.41) is 0. The highest BCUT2D eigenvalue weighted by atomic mass is 79.9. The number of carbonyl (C=O) groups excluding carboxylic acids is 1. The number of anilines is 1. The first-order valence-corrected chi connectivity index (χ1v) is 12.7. The average Bonchev–Trinajstić information content (AvgIpc) is 3.12. The van der Waals surface area contributed by atoms with E-state index in [1.54, 1.807) is 4.90 Å². The molecule has 34 heavy (non-hydrogen) atoms. The van der Waals surface area contributed by atoms with Gasteiger partial charge in [-0.3, -0.25) is 9.69 Å². The Kier molecular flexibility index (Phi) is 8.21. The summed E-state index contributed by atoms with van der Waals surface area (Å²) < 4.78 is 13.3. The summed E-state index contributed by atoms with van der Waals surface area (Å²) in [6, 6.07) is 23.0. The molecule has 1 fully saturated rings. The van der Waals surface area contributed by atoms with Crippen LogP contribution in [0.3, 0.4) is 0 Å². The molecule has 0 aromatic heterocycles. The van der Waals surface area contributed by atoms with Gasteiger partial charge in [-0.05, 0) is 54.5 Å².